The van der Waals surface area contributed by atoms with E-state index in [4.69, 9.17) is 14.2 Å². The molecule has 0 aliphatic carbocycles. The fraction of sp³-hybridized carbons (Fsp3) is 0.333. The second-order valence-corrected chi connectivity index (χ2v) is 6.15. The van der Waals surface area contributed by atoms with Gasteiger partial charge in [0.1, 0.15) is 0 Å². The van der Waals surface area contributed by atoms with Gasteiger partial charge in [-0.2, -0.15) is 0 Å². The number of carbonyl (C=O) groups is 2. The molecule has 2 aromatic carbocycles. The molecule has 2 N–H and O–H groups in total. The van der Waals surface area contributed by atoms with Gasteiger partial charge in [0.15, 0.2) is 11.5 Å². The fourth-order valence-corrected chi connectivity index (χ4v) is 2.86. The molecule has 0 aliphatic heterocycles. The minimum Gasteiger partial charge on any atom is -0.504 e. The highest BCUT2D eigenvalue weighted by Crippen LogP contribution is 2.37. The van der Waals surface area contributed by atoms with Crippen molar-refractivity contribution in [2.24, 2.45) is 0 Å². The van der Waals surface area contributed by atoms with E-state index in [2.05, 4.69) is 5.32 Å². The van der Waals surface area contributed by atoms with E-state index in [9.17, 15) is 14.7 Å². The first-order valence-electron chi connectivity index (χ1n) is 8.82. The van der Waals surface area contributed by atoms with Crippen molar-refractivity contribution >= 4 is 11.9 Å². The number of carbonyl (C=O) groups excluding carboxylic acids is 2. The summed E-state index contributed by atoms with van der Waals surface area (Å²) in [7, 11) is 4.29. The predicted octanol–water partition coefficient (Wildman–Crippen LogP) is 2.03. The number of hydrogen-bond donors (Lipinski definition) is 2. The van der Waals surface area contributed by atoms with Gasteiger partial charge in [0.2, 0.25) is 11.7 Å². The van der Waals surface area contributed by atoms with E-state index in [1.807, 2.05) is 24.3 Å². The fourth-order valence-electron chi connectivity index (χ4n) is 2.86. The van der Waals surface area contributed by atoms with Gasteiger partial charge in [-0.05, 0) is 35.2 Å². The quantitative estimate of drug-likeness (QED) is 0.640. The van der Waals surface area contributed by atoms with E-state index in [1.165, 1.54) is 21.3 Å². The minimum atomic E-state index is -0.346. The molecule has 2 aromatic rings. The second-order valence-electron chi connectivity index (χ2n) is 6.15. The number of benzene rings is 2. The number of amides is 1. The van der Waals surface area contributed by atoms with Gasteiger partial charge in [-0.25, -0.2) is 0 Å². The maximum Gasteiger partial charge on any atom is 0.309 e. The molecule has 7 nitrogen and oxygen atoms in total. The lowest BCUT2D eigenvalue weighted by Crippen LogP contribution is -2.27. The van der Waals surface area contributed by atoms with Gasteiger partial charge in [0.05, 0.1) is 34.2 Å². The molecule has 0 atom stereocenters. The molecule has 0 heterocycles. The Morgan fingerprint density at radius 2 is 1.68 bits per heavy atom. The summed E-state index contributed by atoms with van der Waals surface area (Å²) >= 11 is 0. The number of nitrogens with one attached hydrogen (secondary N) is 1. The molecular formula is C21H25NO6. The van der Waals surface area contributed by atoms with Crippen LogP contribution in [0.15, 0.2) is 36.4 Å². The normalized spacial score (nSPS) is 10.2. The molecule has 0 saturated heterocycles. The third kappa shape index (κ3) is 5.64. The summed E-state index contributed by atoms with van der Waals surface area (Å²) in [6.07, 6.45) is 0.818. The zero-order valence-corrected chi connectivity index (χ0v) is 16.3. The molecular weight excluding hydrogens is 362 g/mol. The van der Waals surface area contributed by atoms with Crippen LogP contribution in [-0.4, -0.2) is 44.9 Å². The van der Waals surface area contributed by atoms with Crippen molar-refractivity contribution in [2.45, 2.75) is 19.3 Å². The highest BCUT2D eigenvalue weighted by molar-refractivity contribution is 5.80. The average molecular weight is 387 g/mol. The molecule has 0 unspecified atom stereocenters. The van der Waals surface area contributed by atoms with Crippen molar-refractivity contribution < 1.29 is 28.9 Å². The lowest BCUT2D eigenvalue weighted by Gasteiger charge is -2.12. The molecule has 0 aromatic heterocycles. The minimum absolute atomic E-state index is 0.0140. The predicted molar refractivity (Wildman–Crippen MR) is 104 cm³/mol. The van der Waals surface area contributed by atoms with E-state index in [1.54, 1.807) is 12.1 Å². The van der Waals surface area contributed by atoms with Crippen LogP contribution in [-0.2, 0) is 33.6 Å². The van der Waals surface area contributed by atoms with Gasteiger partial charge in [-0.15, -0.1) is 0 Å². The molecule has 0 aliphatic rings. The van der Waals surface area contributed by atoms with Crippen molar-refractivity contribution in [1.82, 2.24) is 5.32 Å². The molecule has 0 radical (unpaired) electrons. The van der Waals surface area contributed by atoms with E-state index in [0.717, 1.165) is 16.7 Å². The first-order chi connectivity index (χ1) is 13.5. The van der Waals surface area contributed by atoms with Crippen molar-refractivity contribution in [3.63, 3.8) is 0 Å². The van der Waals surface area contributed by atoms with Gasteiger partial charge < -0.3 is 24.6 Å². The summed E-state index contributed by atoms with van der Waals surface area (Å²) in [6, 6.07) is 10.6. The Labute approximate surface area is 164 Å². The Morgan fingerprint density at radius 1 is 1.00 bits per heavy atom. The molecule has 28 heavy (non-hydrogen) atoms. The highest BCUT2D eigenvalue weighted by atomic mass is 16.5. The van der Waals surface area contributed by atoms with Crippen LogP contribution in [0.3, 0.4) is 0 Å². The lowest BCUT2D eigenvalue weighted by molar-refractivity contribution is -0.139. The molecule has 0 saturated carbocycles. The maximum atomic E-state index is 12.3. The standard InChI is InChI=1S/C21H25NO6/c1-26-18-11-14(10-17(23)21(18)28-3)8-9-22-19(24)12-15-6-4-5-7-16(15)13-20(25)27-2/h4-7,10-11,23H,8-9,12-13H2,1-3H3,(H,22,24). The van der Waals surface area contributed by atoms with Gasteiger partial charge in [0.25, 0.3) is 0 Å². The van der Waals surface area contributed by atoms with Crippen LogP contribution < -0.4 is 14.8 Å². The Bertz CT molecular complexity index is 834. The Balaban J connectivity index is 1.94. The Hall–Kier alpha value is -3.22. The lowest BCUT2D eigenvalue weighted by atomic mass is 10.0. The number of ether oxygens (including phenoxy) is 3. The molecule has 7 heteroatoms. The zero-order chi connectivity index (χ0) is 20.5. The summed E-state index contributed by atoms with van der Waals surface area (Å²) in [5, 5.41) is 12.9. The molecule has 0 spiro atoms. The van der Waals surface area contributed by atoms with Crippen LogP contribution in [0, 0.1) is 0 Å². The molecule has 0 fully saturated rings. The van der Waals surface area contributed by atoms with E-state index in [-0.39, 0.29) is 36.2 Å². The van der Waals surface area contributed by atoms with Crippen LogP contribution in [0.25, 0.3) is 0 Å². The van der Waals surface area contributed by atoms with Gasteiger partial charge in [-0.3, -0.25) is 9.59 Å². The highest BCUT2D eigenvalue weighted by Gasteiger charge is 2.13. The molecule has 1 amide bonds. The SMILES string of the molecule is COC(=O)Cc1ccccc1CC(=O)NCCc1cc(O)c(OC)c(OC)c1. The van der Waals surface area contributed by atoms with Crippen LogP contribution in [0.5, 0.6) is 17.2 Å². The van der Waals surface area contributed by atoms with Gasteiger partial charge in [0, 0.05) is 6.54 Å². The summed E-state index contributed by atoms with van der Waals surface area (Å²) in [5.41, 5.74) is 2.37. The van der Waals surface area contributed by atoms with Crippen molar-refractivity contribution in [3.05, 3.63) is 53.1 Å². The van der Waals surface area contributed by atoms with Gasteiger partial charge in [-0.1, -0.05) is 24.3 Å². The molecule has 0 bridgehead atoms. The molecule has 150 valence electrons. The number of rotatable bonds is 9. The number of esters is 1. The Kier molecular flexibility index (Phi) is 7.68. The summed E-state index contributed by atoms with van der Waals surface area (Å²) < 4.78 is 15.0. The smallest absolute Gasteiger partial charge is 0.309 e. The number of methoxy groups -OCH3 is 3. The summed E-state index contributed by atoms with van der Waals surface area (Å²) in [6.45, 7) is 0.396. The van der Waals surface area contributed by atoms with E-state index in [0.29, 0.717) is 18.7 Å². The monoisotopic (exact) mass is 387 g/mol. The molecule has 2 rings (SSSR count). The summed E-state index contributed by atoms with van der Waals surface area (Å²) in [5.74, 6) is 0.195. The number of hydrogen-bond acceptors (Lipinski definition) is 6. The second kappa shape index (κ2) is 10.2. The third-order valence-electron chi connectivity index (χ3n) is 4.29. The van der Waals surface area contributed by atoms with Crippen LogP contribution >= 0.6 is 0 Å². The zero-order valence-electron chi connectivity index (χ0n) is 16.3. The van der Waals surface area contributed by atoms with Gasteiger partial charge >= 0.3 is 5.97 Å². The topological polar surface area (TPSA) is 94.1 Å². The van der Waals surface area contributed by atoms with E-state index >= 15 is 0 Å². The van der Waals surface area contributed by atoms with Crippen LogP contribution in [0.1, 0.15) is 16.7 Å². The van der Waals surface area contributed by atoms with Crippen LogP contribution in [0.2, 0.25) is 0 Å². The maximum absolute atomic E-state index is 12.3. The first-order valence-corrected chi connectivity index (χ1v) is 8.82. The Morgan fingerprint density at radius 3 is 2.29 bits per heavy atom. The van der Waals surface area contributed by atoms with Crippen LogP contribution in [0.4, 0.5) is 0 Å². The largest absolute Gasteiger partial charge is 0.504 e. The summed E-state index contributed by atoms with van der Waals surface area (Å²) in [4.78, 5) is 23.8. The number of phenols is 1. The van der Waals surface area contributed by atoms with Crippen molar-refractivity contribution in [3.8, 4) is 17.2 Å². The number of phenolic OH excluding ortho intramolecular Hbond substituents is 1. The number of aromatic hydroxyl groups is 1. The van der Waals surface area contributed by atoms with E-state index < -0.39 is 0 Å². The van der Waals surface area contributed by atoms with Crippen molar-refractivity contribution in [1.29, 1.82) is 0 Å². The van der Waals surface area contributed by atoms with Crippen molar-refractivity contribution in [2.75, 3.05) is 27.9 Å². The average Bonchev–Trinajstić information content (AvgIpc) is 2.68. The third-order valence-corrected chi connectivity index (χ3v) is 4.29. The first kappa shape index (κ1) is 21.1.